The minimum atomic E-state index is 0.442. The number of nitrogens with zero attached hydrogens (tertiary/aromatic N) is 1. The largest absolute Gasteiger partial charge is 0.487 e. The van der Waals surface area contributed by atoms with Crippen molar-refractivity contribution in [1.82, 2.24) is 4.98 Å². The van der Waals surface area contributed by atoms with Crippen LogP contribution in [0.4, 0.5) is 5.82 Å². The van der Waals surface area contributed by atoms with E-state index >= 15 is 0 Å². The predicted octanol–water partition coefficient (Wildman–Crippen LogP) is 3.66. The fraction of sp³-hybridized carbons (Fsp3) is 0.214. The molecule has 0 aliphatic rings. The number of nitrogens with one attached hydrogen (secondary N) is 1. The molecule has 0 aliphatic heterocycles. The average Bonchev–Trinajstić information content (AvgIpc) is 2.38. The summed E-state index contributed by atoms with van der Waals surface area (Å²) in [6.45, 7) is 2.41. The number of rotatable bonds is 4. The molecule has 1 N–H and O–H groups in total. The lowest BCUT2D eigenvalue weighted by molar-refractivity contribution is 0.299. The van der Waals surface area contributed by atoms with E-state index in [0.717, 1.165) is 27.8 Å². The van der Waals surface area contributed by atoms with Crippen LogP contribution in [0.1, 0.15) is 11.3 Å². The lowest BCUT2D eigenvalue weighted by Crippen LogP contribution is -2.01. The third-order valence-electron chi connectivity index (χ3n) is 2.58. The molecule has 1 heterocycles. The second-order valence-corrected chi connectivity index (χ2v) is 4.40. The molecule has 4 heteroatoms. The number of anilines is 1. The first-order chi connectivity index (χ1) is 8.69. The van der Waals surface area contributed by atoms with Gasteiger partial charge < -0.3 is 10.1 Å². The Hall–Kier alpha value is -1.74. The molecular formula is C14H15ClN2O. The summed E-state index contributed by atoms with van der Waals surface area (Å²) in [4.78, 5) is 4.39. The quantitative estimate of drug-likeness (QED) is 0.913. The molecule has 0 fully saturated rings. The number of halogens is 1. The average molecular weight is 263 g/mol. The second-order valence-electron chi connectivity index (χ2n) is 3.96. The summed E-state index contributed by atoms with van der Waals surface area (Å²) in [6.07, 6.45) is 0. The van der Waals surface area contributed by atoms with Crippen molar-refractivity contribution >= 4 is 17.4 Å². The van der Waals surface area contributed by atoms with E-state index in [1.807, 2.05) is 50.4 Å². The lowest BCUT2D eigenvalue weighted by atomic mass is 10.2. The van der Waals surface area contributed by atoms with Gasteiger partial charge in [-0.2, -0.15) is 0 Å². The Morgan fingerprint density at radius 2 is 2.11 bits per heavy atom. The summed E-state index contributed by atoms with van der Waals surface area (Å²) in [6, 6.07) is 11.4. The number of ether oxygens (including phenoxy) is 1. The Morgan fingerprint density at radius 3 is 2.83 bits per heavy atom. The van der Waals surface area contributed by atoms with Crippen molar-refractivity contribution in [3.8, 4) is 5.75 Å². The molecule has 0 spiro atoms. The summed E-state index contributed by atoms with van der Waals surface area (Å²) in [5.74, 6) is 1.67. The van der Waals surface area contributed by atoms with Crippen molar-refractivity contribution in [2.24, 2.45) is 0 Å². The van der Waals surface area contributed by atoms with E-state index in [2.05, 4.69) is 10.3 Å². The topological polar surface area (TPSA) is 34.1 Å². The molecule has 0 unspecified atom stereocenters. The number of hydrogen-bond donors (Lipinski definition) is 1. The maximum Gasteiger partial charge on any atom is 0.130 e. The van der Waals surface area contributed by atoms with Crippen LogP contribution in [0.2, 0.25) is 5.02 Å². The molecule has 0 saturated carbocycles. The van der Waals surface area contributed by atoms with Gasteiger partial charge in [0.25, 0.3) is 0 Å². The molecule has 18 heavy (non-hydrogen) atoms. The smallest absolute Gasteiger partial charge is 0.130 e. The zero-order valence-corrected chi connectivity index (χ0v) is 11.2. The highest BCUT2D eigenvalue weighted by Gasteiger charge is 2.02. The van der Waals surface area contributed by atoms with Crippen molar-refractivity contribution in [2.45, 2.75) is 13.5 Å². The summed E-state index contributed by atoms with van der Waals surface area (Å²) >= 11 is 5.90. The molecule has 0 radical (unpaired) electrons. The molecule has 1 aromatic carbocycles. The number of aromatic nitrogens is 1. The van der Waals surface area contributed by atoms with Gasteiger partial charge in [-0.3, -0.25) is 0 Å². The van der Waals surface area contributed by atoms with Crippen molar-refractivity contribution in [3.63, 3.8) is 0 Å². The zero-order valence-electron chi connectivity index (χ0n) is 10.4. The van der Waals surface area contributed by atoms with Crippen LogP contribution in [0, 0.1) is 6.92 Å². The van der Waals surface area contributed by atoms with Gasteiger partial charge in [0, 0.05) is 12.1 Å². The van der Waals surface area contributed by atoms with Gasteiger partial charge in [0.1, 0.15) is 18.2 Å². The minimum Gasteiger partial charge on any atom is -0.487 e. The molecule has 0 aliphatic carbocycles. The van der Waals surface area contributed by atoms with Gasteiger partial charge in [-0.1, -0.05) is 17.7 Å². The Labute approximate surface area is 112 Å². The summed E-state index contributed by atoms with van der Waals surface area (Å²) in [7, 11) is 1.84. The fourth-order valence-corrected chi connectivity index (χ4v) is 1.85. The van der Waals surface area contributed by atoms with Crippen molar-refractivity contribution in [3.05, 3.63) is 52.7 Å². The standard InChI is InChI=1S/C14H15ClN2O/c1-10-8-11(15)6-7-13(10)18-9-12-4-3-5-14(16-2)17-12/h3-8H,9H2,1-2H3,(H,16,17). The normalized spacial score (nSPS) is 10.2. The molecule has 2 rings (SSSR count). The molecule has 0 amide bonds. The van der Waals surface area contributed by atoms with E-state index < -0.39 is 0 Å². The van der Waals surface area contributed by atoms with Gasteiger partial charge >= 0.3 is 0 Å². The highest BCUT2D eigenvalue weighted by Crippen LogP contribution is 2.22. The Bertz CT molecular complexity index is 543. The van der Waals surface area contributed by atoms with Gasteiger partial charge in [0.15, 0.2) is 0 Å². The maximum atomic E-state index is 5.90. The first-order valence-corrected chi connectivity index (χ1v) is 6.09. The minimum absolute atomic E-state index is 0.442. The fourth-order valence-electron chi connectivity index (χ4n) is 1.63. The van der Waals surface area contributed by atoms with Crippen LogP contribution in [0.3, 0.4) is 0 Å². The monoisotopic (exact) mass is 262 g/mol. The Morgan fingerprint density at radius 1 is 1.28 bits per heavy atom. The molecule has 0 bridgehead atoms. The molecule has 94 valence electrons. The van der Waals surface area contributed by atoms with Crippen LogP contribution in [0.25, 0.3) is 0 Å². The van der Waals surface area contributed by atoms with Crippen molar-refractivity contribution < 1.29 is 4.74 Å². The highest BCUT2D eigenvalue weighted by atomic mass is 35.5. The van der Waals surface area contributed by atoms with Crippen molar-refractivity contribution in [1.29, 1.82) is 0 Å². The Kier molecular flexibility index (Phi) is 4.05. The highest BCUT2D eigenvalue weighted by molar-refractivity contribution is 6.30. The first-order valence-electron chi connectivity index (χ1n) is 5.71. The predicted molar refractivity (Wildman–Crippen MR) is 74.3 cm³/mol. The summed E-state index contributed by atoms with van der Waals surface area (Å²) in [5, 5.41) is 3.72. The van der Waals surface area contributed by atoms with Gasteiger partial charge in [-0.25, -0.2) is 4.98 Å². The summed E-state index contributed by atoms with van der Waals surface area (Å²) in [5.41, 5.74) is 1.91. The lowest BCUT2D eigenvalue weighted by Gasteiger charge is -2.09. The van der Waals surface area contributed by atoms with E-state index in [9.17, 15) is 0 Å². The molecular weight excluding hydrogens is 248 g/mol. The molecule has 2 aromatic rings. The number of benzene rings is 1. The third kappa shape index (κ3) is 3.14. The van der Waals surface area contributed by atoms with Gasteiger partial charge in [-0.05, 0) is 42.8 Å². The van der Waals surface area contributed by atoms with Crippen molar-refractivity contribution in [2.75, 3.05) is 12.4 Å². The van der Waals surface area contributed by atoms with E-state index in [1.54, 1.807) is 0 Å². The molecule has 3 nitrogen and oxygen atoms in total. The molecule has 1 aromatic heterocycles. The SMILES string of the molecule is CNc1cccc(COc2ccc(Cl)cc2C)n1. The van der Waals surface area contributed by atoms with Crippen LogP contribution >= 0.6 is 11.6 Å². The summed E-state index contributed by atoms with van der Waals surface area (Å²) < 4.78 is 5.73. The Balaban J connectivity index is 2.06. The van der Waals surface area contributed by atoms with E-state index in [-0.39, 0.29) is 0 Å². The number of hydrogen-bond acceptors (Lipinski definition) is 3. The van der Waals surface area contributed by atoms with Gasteiger partial charge in [-0.15, -0.1) is 0 Å². The molecule has 0 atom stereocenters. The number of pyridine rings is 1. The van der Waals surface area contributed by atoms with Crippen LogP contribution in [-0.4, -0.2) is 12.0 Å². The first kappa shape index (κ1) is 12.7. The number of aryl methyl sites for hydroxylation is 1. The van der Waals surface area contributed by atoms with Crippen LogP contribution in [0.15, 0.2) is 36.4 Å². The maximum absolute atomic E-state index is 5.90. The van der Waals surface area contributed by atoms with E-state index in [4.69, 9.17) is 16.3 Å². The van der Waals surface area contributed by atoms with Gasteiger partial charge in [0.2, 0.25) is 0 Å². The van der Waals surface area contributed by atoms with Crippen LogP contribution in [0.5, 0.6) is 5.75 Å². The van der Waals surface area contributed by atoms with Crippen LogP contribution < -0.4 is 10.1 Å². The van der Waals surface area contributed by atoms with Crippen LogP contribution in [-0.2, 0) is 6.61 Å². The van der Waals surface area contributed by atoms with Gasteiger partial charge in [0.05, 0.1) is 5.69 Å². The second kappa shape index (κ2) is 5.74. The van der Waals surface area contributed by atoms with E-state index in [1.165, 1.54) is 0 Å². The van der Waals surface area contributed by atoms with E-state index in [0.29, 0.717) is 6.61 Å². The molecule has 0 saturated heterocycles. The zero-order chi connectivity index (χ0) is 13.0. The third-order valence-corrected chi connectivity index (χ3v) is 2.81.